The molecule has 0 radical (unpaired) electrons. The highest BCUT2D eigenvalue weighted by Gasteiger charge is 2.22. The fourth-order valence-corrected chi connectivity index (χ4v) is 3.95. The number of carbonyl (C=O) groups is 2. The number of methoxy groups -OCH3 is 3. The van der Waals surface area contributed by atoms with Gasteiger partial charge in [0.05, 0.1) is 27.9 Å². The molecule has 172 valence electrons. The second-order valence-electron chi connectivity index (χ2n) is 7.83. The number of amides is 2. The number of hydrazine groups is 1. The first-order valence-corrected chi connectivity index (χ1v) is 10.7. The summed E-state index contributed by atoms with van der Waals surface area (Å²) in [6.07, 6.45) is 3.19. The molecule has 1 aliphatic heterocycles. The number of nitrogens with zero attached hydrogens (tertiary/aromatic N) is 1. The molecule has 2 amide bonds. The Morgan fingerprint density at radius 2 is 1.56 bits per heavy atom. The molecule has 0 atom stereocenters. The molecule has 0 spiro atoms. The number of carbonyl (C=O) groups excluding carboxylic acids is 2. The van der Waals surface area contributed by atoms with Crippen molar-refractivity contribution in [2.45, 2.75) is 19.3 Å². The molecule has 2 aromatic carbocycles. The van der Waals surface area contributed by atoms with Gasteiger partial charge in [0.15, 0.2) is 11.5 Å². The van der Waals surface area contributed by atoms with Gasteiger partial charge < -0.3 is 14.2 Å². The van der Waals surface area contributed by atoms with Gasteiger partial charge in [-0.15, -0.1) is 0 Å². The zero-order valence-corrected chi connectivity index (χ0v) is 18.8. The summed E-state index contributed by atoms with van der Waals surface area (Å²) < 4.78 is 15.8. The maximum atomic E-state index is 12.5. The Morgan fingerprint density at radius 1 is 0.938 bits per heavy atom. The van der Waals surface area contributed by atoms with Crippen molar-refractivity contribution in [1.29, 1.82) is 0 Å². The second-order valence-corrected chi connectivity index (χ2v) is 7.83. The number of hydrogen-bond acceptors (Lipinski definition) is 6. The molecule has 8 heteroatoms. The summed E-state index contributed by atoms with van der Waals surface area (Å²) >= 11 is 0. The van der Waals surface area contributed by atoms with Gasteiger partial charge in [0.2, 0.25) is 5.75 Å². The topological polar surface area (TPSA) is 89.1 Å². The van der Waals surface area contributed by atoms with Crippen LogP contribution in [0.3, 0.4) is 0 Å². The summed E-state index contributed by atoms with van der Waals surface area (Å²) in [6.45, 7) is 1.98. The van der Waals surface area contributed by atoms with E-state index in [4.69, 9.17) is 14.2 Å². The van der Waals surface area contributed by atoms with Crippen molar-refractivity contribution in [3.8, 4) is 17.2 Å². The Kier molecular flexibility index (Phi) is 8.33. The predicted octanol–water partition coefficient (Wildman–Crippen LogP) is 2.43. The summed E-state index contributed by atoms with van der Waals surface area (Å²) in [4.78, 5) is 26.9. The van der Waals surface area contributed by atoms with Crippen LogP contribution in [0, 0.1) is 5.92 Å². The molecule has 0 aliphatic carbocycles. The first-order valence-electron chi connectivity index (χ1n) is 10.7. The normalized spacial score (nSPS) is 14.5. The number of rotatable bonds is 8. The van der Waals surface area contributed by atoms with E-state index in [1.807, 2.05) is 6.07 Å². The van der Waals surface area contributed by atoms with Gasteiger partial charge in [0.1, 0.15) is 0 Å². The van der Waals surface area contributed by atoms with E-state index in [0.29, 0.717) is 23.2 Å². The Bertz CT molecular complexity index is 886. The Balaban J connectivity index is 1.45. The van der Waals surface area contributed by atoms with Crippen LogP contribution in [0.15, 0.2) is 42.5 Å². The van der Waals surface area contributed by atoms with Gasteiger partial charge in [-0.05, 0) is 56.0 Å². The van der Waals surface area contributed by atoms with Crippen molar-refractivity contribution in [2.75, 3.05) is 41.0 Å². The Labute approximate surface area is 188 Å². The van der Waals surface area contributed by atoms with Crippen molar-refractivity contribution in [1.82, 2.24) is 15.8 Å². The van der Waals surface area contributed by atoms with Crippen LogP contribution in [0.2, 0.25) is 0 Å². The van der Waals surface area contributed by atoms with Gasteiger partial charge in [0.25, 0.3) is 11.8 Å². The molecule has 2 aromatic rings. The van der Waals surface area contributed by atoms with Crippen LogP contribution in [0.5, 0.6) is 17.2 Å². The zero-order valence-electron chi connectivity index (χ0n) is 18.8. The lowest BCUT2D eigenvalue weighted by Crippen LogP contribution is -2.48. The standard InChI is InChI=1S/C24H31N3O5/c1-30-20-14-19(15-21(31-2)23(20)32-3)24(29)26-25-22(28)16-27-11-9-18(10-12-27)13-17-7-5-4-6-8-17/h4-8,14-15,18H,9-13,16H2,1-3H3,(H,25,28)(H,26,29). The minimum absolute atomic E-state index is 0.244. The van der Waals surface area contributed by atoms with Crippen molar-refractivity contribution in [3.05, 3.63) is 53.6 Å². The van der Waals surface area contributed by atoms with Crippen LogP contribution in [0.4, 0.5) is 0 Å². The monoisotopic (exact) mass is 441 g/mol. The lowest BCUT2D eigenvalue weighted by molar-refractivity contribution is -0.123. The summed E-state index contributed by atoms with van der Waals surface area (Å²) in [6, 6.07) is 13.6. The quantitative estimate of drug-likeness (QED) is 0.612. The lowest BCUT2D eigenvalue weighted by atomic mass is 9.90. The van der Waals surface area contributed by atoms with E-state index in [1.54, 1.807) is 0 Å². The Hall–Kier alpha value is -3.26. The maximum Gasteiger partial charge on any atom is 0.269 e. The minimum Gasteiger partial charge on any atom is -0.493 e. The molecule has 1 saturated heterocycles. The summed E-state index contributed by atoms with van der Waals surface area (Å²) in [5.41, 5.74) is 6.58. The highest BCUT2D eigenvalue weighted by atomic mass is 16.5. The lowest BCUT2D eigenvalue weighted by Gasteiger charge is -2.31. The number of ether oxygens (including phenoxy) is 3. The van der Waals surface area contributed by atoms with E-state index >= 15 is 0 Å². The van der Waals surface area contributed by atoms with E-state index in [-0.39, 0.29) is 18.0 Å². The average molecular weight is 442 g/mol. The molecule has 0 bridgehead atoms. The van der Waals surface area contributed by atoms with Crippen LogP contribution in [0.1, 0.15) is 28.8 Å². The molecular formula is C24H31N3O5. The largest absolute Gasteiger partial charge is 0.493 e. The van der Waals surface area contributed by atoms with Gasteiger partial charge >= 0.3 is 0 Å². The van der Waals surface area contributed by atoms with Gasteiger partial charge in [-0.3, -0.25) is 25.3 Å². The van der Waals surface area contributed by atoms with Crippen LogP contribution in [-0.4, -0.2) is 57.7 Å². The van der Waals surface area contributed by atoms with E-state index in [9.17, 15) is 9.59 Å². The van der Waals surface area contributed by atoms with Gasteiger partial charge in [0, 0.05) is 5.56 Å². The van der Waals surface area contributed by atoms with Gasteiger partial charge in [-0.25, -0.2) is 0 Å². The number of likely N-dealkylation sites (tertiary alicyclic amines) is 1. The van der Waals surface area contributed by atoms with Gasteiger partial charge in [-0.2, -0.15) is 0 Å². The Morgan fingerprint density at radius 3 is 2.12 bits per heavy atom. The van der Waals surface area contributed by atoms with E-state index in [1.165, 1.54) is 39.0 Å². The van der Waals surface area contributed by atoms with Crippen LogP contribution in [-0.2, 0) is 11.2 Å². The molecule has 0 unspecified atom stereocenters. The molecular weight excluding hydrogens is 410 g/mol. The third kappa shape index (κ3) is 6.13. The highest BCUT2D eigenvalue weighted by Crippen LogP contribution is 2.38. The molecule has 1 heterocycles. The zero-order chi connectivity index (χ0) is 22.9. The fraction of sp³-hybridized carbons (Fsp3) is 0.417. The molecule has 0 aromatic heterocycles. The maximum absolute atomic E-state index is 12.5. The summed E-state index contributed by atoms with van der Waals surface area (Å²) in [5, 5.41) is 0. The number of nitrogens with one attached hydrogen (secondary N) is 2. The first-order chi connectivity index (χ1) is 15.5. The van der Waals surface area contributed by atoms with E-state index in [2.05, 4.69) is 40.0 Å². The molecule has 0 saturated carbocycles. The summed E-state index contributed by atoms with van der Waals surface area (Å²) in [5.74, 6) is 1.03. The van der Waals surface area contributed by atoms with Crippen molar-refractivity contribution in [3.63, 3.8) is 0 Å². The fourth-order valence-electron chi connectivity index (χ4n) is 3.95. The predicted molar refractivity (Wildman–Crippen MR) is 121 cm³/mol. The van der Waals surface area contributed by atoms with Crippen molar-refractivity contribution >= 4 is 11.8 Å². The summed E-state index contributed by atoms with van der Waals surface area (Å²) in [7, 11) is 4.44. The number of piperidine rings is 1. The first kappa shape index (κ1) is 23.4. The van der Waals surface area contributed by atoms with Crippen LogP contribution in [0.25, 0.3) is 0 Å². The smallest absolute Gasteiger partial charge is 0.269 e. The second kappa shape index (κ2) is 11.4. The minimum atomic E-state index is -0.473. The highest BCUT2D eigenvalue weighted by molar-refractivity contribution is 5.96. The van der Waals surface area contributed by atoms with E-state index < -0.39 is 5.91 Å². The molecule has 1 aliphatic rings. The molecule has 2 N–H and O–H groups in total. The molecule has 3 rings (SSSR count). The third-order valence-electron chi connectivity index (χ3n) is 5.68. The molecule has 1 fully saturated rings. The number of hydrogen-bond donors (Lipinski definition) is 2. The number of benzene rings is 2. The average Bonchev–Trinajstić information content (AvgIpc) is 2.83. The van der Waals surface area contributed by atoms with Crippen molar-refractivity contribution in [2.24, 2.45) is 5.92 Å². The van der Waals surface area contributed by atoms with Crippen LogP contribution >= 0.6 is 0 Å². The molecule has 8 nitrogen and oxygen atoms in total. The third-order valence-corrected chi connectivity index (χ3v) is 5.68. The van der Waals surface area contributed by atoms with Crippen LogP contribution < -0.4 is 25.1 Å². The van der Waals surface area contributed by atoms with E-state index in [0.717, 1.165) is 32.4 Å². The SMILES string of the molecule is COc1cc(C(=O)NNC(=O)CN2CCC(Cc3ccccc3)CC2)cc(OC)c1OC. The van der Waals surface area contributed by atoms with Crippen molar-refractivity contribution < 1.29 is 23.8 Å². The molecule has 32 heavy (non-hydrogen) atoms. The van der Waals surface area contributed by atoms with Gasteiger partial charge in [-0.1, -0.05) is 30.3 Å².